The summed E-state index contributed by atoms with van der Waals surface area (Å²) in [7, 11) is 2.63. The van der Waals surface area contributed by atoms with Gasteiger partial charge >= 0.3 is 11.9 Å². The number of carbonyl (C=O) groups excluding carboxylic acids is 17. The minimum absolute atomic E-state index is 0.00745. The van der Waals surface area contributed by atoms with Gasteiger partial charge in [-0.1, -0.05) is 116 Å². The first-order valence-electron chi connectivity index (χ1n) is 46.3. The fraction of sp³-hybridized carbons (Fsp3) is 0.559. The lowest BCUT2D eigenvalue weighted by atomic mass is 9.97. The molecule has 0 saturated carbocycles. The van der Waals surface area contributed by atoms with Crippen LogP contribution in [0, 0.1) is 11.8 Å². The Balaban J connectivity index is 1.12. The number of phenols is 1. The van der Waals surface area contributed by atoms with Gasteiger partial charge in [-0.2, -0.15) is 0 Å². The number of H-pyrrole nitrogens is 1. The monoisotopic (exact) mass is 1890 g/mol. The first-order valence-corrected chi connectivity index (χ1v) is 46.3. The Bertz CT molecular complexity index is 5190. The first kappa shape index (κ1) is 106. The minimum atomic E-state index is -2.00. The summed E-state index contributed by atoms with van der Waals surface area (Å²) < 4.78 is 1.40. The molecule has 4 aliphatic heterocycles. The number of carboxylic acids is 2. The summed E-state index contributed by atoms with van der Waals surface area (Å²) in [5.41, 5.74) is 19.5. The number of amides is 17. The highest BCUT2D eigenvalue weighted by Gasteiger charge is 2.48. The van der Waals surface area contributed by atoms with Crippen molar-refractivity contribution in [3.63, 3.8) is 0 Å². The standard InChI is InChI=1S/C93H130N20O23/c1-9-11-23-70-85(128)102-61(36-50(3)4)82(125)107-68(80(96)123)45-97-46-77(118)99-65(38-52-28-30-55(114)31-29-52)90(133)111-34-18-17-26-71(111)87(130)106-67(43-78(119)120)91(134)112-35-19-27-72(112)86(129)100-60(32-33-75(94)116)81(124)104-64(37-51(5)6)92(135)113-48-56(115)41-74(113)88(131)103-62(39-53-44-98-59-22-15-13-20-57(53)59)83(126)101-63(42-76(95)117)84(127)105-66(89(132)109(8)73(24-12-10-2)93(136)108(70)7)40-54-47-110(49-79(121)122)69-25-16-14-21-58(54)69/h13-16,20-22,25,28-31,44,47,50-51,56,60-68,70-74,97-98,114-115H,9-12,17-19,23-24,26-27,32-43,45-46,48-49H2,1-8H3,(H2,94,116)(H2,95,117)(H2,96,123)(H,99,118)(H,100,129)(H,101,126)(H,102,128)(H,103,131)(H,104,124)(H,105,127)(H,106,130)(H,107,125)(H,119,120)(H,121,122)/t56-,60+,61+,62+,63+,64+,65+,66+,67+,68+,70+,71+,72+,73+,74+/m1/s1. The largest absolute Gasteiger partial charge is 0.508 e. The van der Waals surface area contributed by atoms with E-state index >= 15 is 38.4 Å². The van der Waals surface area contributed by atoms with Gasteiger partial charge in [0.05, 0.1) is 25.5 Å². The lowest BCUT2D eigenvalue weighted by Crippen LogP contribution is -2.61. The predicted octanol–water partition coefficient (Wildman–Crippen LogP) is -1.53. The zero-order chi connectivity index (χ0) is 99.6. The topological polar surface area (TPSA) is 641 Å². The molecule has 9 rings (SSSR count). The molecule has 43 heteroatoms. The number of fused-ring (bicyclic) bond motifs is 5. The number of aromatic nitrogens is 2. The number of rotatable bonds is 26. The maximum absolute atomic E-state index is 15.9. The van der Waals surface area contributed by atoms with Crippen molar-refractivity contribution in [2.75, 3.05) is 46.8 Å². The van der Waals surface area contributed by atoms with Crippen molar-refractivity contribution in [2.45, 2.75) is 274 Å². The number of aromatic hydroxyl groups is 1. The third-order valence-corrected chi connectivity index (χ3v) is 24.9. The van der Waals surface area contributed by atoms with Crippen LogP contribution in [0.4, 0.5) is 0 Å². The molecule has 5 aromatic rings. The predicted molar refractivity (Wildman–Crippen MR) is 492 cm³/mol. The van der Waals surface area contributed by atoms with E-state index in [4.69, 9.17) is 17.2 Å². The smallest absolute Gasteiger partial charge is 0.323 e. The molecule has 136 heavy (non-hydrogen) atoms. The fourth-order valence-corrected chi connectivity index (χ4v) is 17.9. The molecule has 4 saturated heterocycles. The maximum atomic E-state index is 15.9. The molecule has 4 aliphatic rings. The van der Waals surface area contributed by atoms with Crippen molar-refractivity contribution in [2.24, 2.45) is 29.0 Å². The molecule has 0 aliphatic carbocycles. The molecule has 2 aromatic heterocycles. The summed E-state index contributed by atoms with van der Waals surface area (Å²) >= 11 is 0. The Hall–Kier alpha value is -13.6. The Morgan fingerprint density at radius 2 is 1.00 bits per heavy atom. The highest BCUT2D eigenvalue weighted by molar-refractivity contribution is 6.03. The summed E-state index contributed by atoms with van der Waals surface area (Å²) in [6.07, 6.45) is -1.12. The van der Waals surface area contributed by atoms with Crippen molar-refractivity contribution in [3.05, 3.63) is 102 Å². The number of aliphatic carboxylic acids is 2. The molecule has 21 N–H and O–H groups in total. The normalized spacial score (nSPS) is 25.2. The number of aromatic amines is 1. The van der Waals surface area contributed by atoms with Crippen molar-refractivity contribution in [3.8, 4) is 5.75 Å². The number of likely N-dealkylation sites (N-methyl/N-ethyl adjacent to an activating group) is 2. The van der Waals surface area contributed by atoms with Crippen molar-refractivity contribution >= 4 is 134 Å². The lowest BCUT2D eigenvalue weighted by Gasteiger charge is -2.38. The molecular weight excluding hydrogens is 1770 g/mol. The molecule has 740 valence electrons. The number of aliphatic hydroxyl groups excluding tert-OH is 1. The minimum Gasteiger partial charge on any atom is -0.508 e. The summed E-state index contributed by atoms with van der Waals surface area (Å²) in [4.78, 5) is 285. The van der Waals surface area contributed by atoms with Gasteiger partial charge in [-0.15, -0.1) is 0 Å². The second kappa shape index (κ2) is 49.6. The molecule has 0 spiro atoms. The Morgan fingerprint density at radius 1 is 0.478 bits per heavy atom. The van der Waals surface area contributed by atoms with Crippen LogP contribution in [0.5, 0.6) is 5.75 Å². The summed E-state index contributed by atoms with van der Waals surface area (Å²) in [6, 6.07) is -3.55. The number of aliphatic hydroxyl groups is 1. The Labute approximate surface area is 786 Å². The van der Waals surface area contributed by atoms with Crippen molar-refractivity contribution in [1.29, 1.82) is 0 Å². The second-order valence-electron chi connectivity index (χ2n) is 36.3. The number of nitrogens with two attached hydrogens (primary N) is 3. The van der Waals surface area contributed by atoms with Crippen LogP contribution in [-0.4, -0.2) is 304 Å². The molecule has 4 fully saturated rings. The van der Waals surface area contributed by atoms with Crippen LogP contribution < -0.4 is 70.4 Å². The highest BCUT2D eigenvalue weighted by Crippen LogP contribution is 2.30. The SMILES string of the molecule is CCCC[C@H]1C(=O)N(C)[C@@H](CCCC)C(=O)N[C@@H](CC(C)C)C(=O)N[C@H](C(N)=O)CNCC(=O)N[C@@H](Cc2ccc(O)cc2)C(=O)N2CCCC[C@H]2C(=O)N[C@@H](CC(=O)O)C(=O)N2CCC[C@H]2C(=O)N[C@@H](CCC(N)=O)C(=O)N[C@@H](CC(C)C)C(=O)N2C[C@H](O)C[C@H]2C(=O)N[C@@H](Cc2c[nH]c3ccccc23)C(=O)N[C@@H](CC(N)=O)C(=O)N[C@@H](Cc2cn(CC(=O)O)c3ccccc23)C(=O)N1C. The molecular formula is C93H130N20O23. The second-order valence-corrected chi connectivity index (χ2v) is 36.3. The van der Waals surface area contributed by atoms with E-state index in [9.17, 15) is 73.2 Å². The van der Waals surface area contributed by atoms with Gasteiger partial charge in [0.2, 0.25) is 100 Å². The number of carbonyl (C=O) groups is 19. The molecule has 3 aromatic carbocycles. The Morgan fingerprint density at radius 3 is 1.63 bits per heavy atom. The van der Waals surface area contributed by atoms with Crippen LogP contribution in [0.25, 0.3) is 21.8 Å². The van der Waals surface area contributed by atoms with E-state index < -0.39 is 274 Å². The van der Waals surface area contributed by atoms with Crippen LogP contribution in [0.3, 0.4) is 0 Å². The number of nitrogens with zero attached hydrogens (tertiary/aromatic N) is 6. The molecule has 0 unspecified atom stereocenters. The van der Waals surface area contributed by atoms with Gasteiger partial charge in [-0.3, -0.25) is 91.1 Å². The Kier molecular flexibility index (Phi) is 38.7. The van der Waals surface area contributed by atoms with Gasteiger partial charge in [-0.25, -0.2) is 0 Å². The molecule has 15 atom stereocenters. The first-order chi connectivity index (χ1) is 64.6. The summed E-state index contributed by atoms with van der Waals surface area (Å²) in [6.45, 7) is 7.97. The van der Waals surface area contributed by atoms with Gasteiger partial charge in [0.25, 0.3) is 0 Å². The van der Waals surface area contributed by atoms with Crippen LogP contribution in [-0.2, 0) is 117 Å². The van der Waals surface area contributed by atoms with Crippen LogP contribution in [0.1, 0.15) is 174 Å². The van der Waals surface area contributed by atoms with Gasteiger partial charge < -0.3 is 125 Å². The number of hydrogen-bond donors (Lipinski definition) is 18. The van der Waals surface area contributed by atoms with E-state index in [2.05, 4.69) is 58.2 Å². The number of nitrogens with one attached hydrogen (secondary N) is 11. The molecule has 6 heterocycles. The number of para-hydroxylation sites is 2. The quantitative estimate of drug-likeness (QED) is 0.0299. The third-order valence-electron chi connectivity index (χ3n) is 24.9. The van der Waals surface area contributed by atoms with E-state index in [0.717, 1.165) is 19.6 Å². The van der Waals surface area contributed by atoms with Crippen LogP contribution >= 0.6 is 0 Å². The van der Waals surface area contributed by atoms with E-state index in [1.165, 1.54) is 54.0 Å². The van der Waals surface area contributed by atoms with Gasteiger partial charge in [0, 0.05) is 107 Å². The third kappa shape index (κ3) is 29.0. The van der Waals surface area contributed by atoms with Gasteiger partial charge in [0.15, 0.2) is 0 Å². The highest BCUT2D eigenvalue weighted by atomic mass is 16.4. The average molecular weight is 1900 g/mol. The average Bonchev–Trinajstić information content (AvgIpc) is 1.64. The van der Waals surface area contributed by atoms with Crippen molar-refractivity contribution in [1.82, 2.24) is 87.2 Å². The zero-order valence-corrected chi connectivity index (χ0v) is 78.0. The number of benzene rings is 3. The molecule has 17 amide bonds. The van der Waals surface area contributed by atoms with Gasteiger partial charge in [0.1, 0.15) is 96.9 Å². The van der Waals surface area contributed by atoms with Crippen LogP contribution in [0.15, 0.2) is 85.2 Å². The fourth-order valence-electron chi connectivity index (χ4n) is 17.9. The van der Waals surface area contributed by atoms with E-state index in [1.54, 1.807) is 82.4 Å². The maximum Gasteiger partial charge on any atom is 0.323 e. The zero-order valence-electron chi connectivity index (χ0n) is 78.0. The van der Waals surface area contributed by atoms with E-state index in [0.29, 0.717) is 70.6 Å². The lowest BCUT2D eigenvalue weighted by molar-refractivity contribution is -0.149. The van der Waals surface area contributed by atoms with E-state index in [1.807, 2.05) is 13.8 Å². The van der Waals surface area contributed by atoms with Crippen LogP contribution in [0.2, 0.25) is 0 Å². The summed E-state index contributed by atoms with van der Waals surface area (Å²) in [5.74, 6) is -20.6. The molecule has 43 nitrogen and oxygen atoms in total. The number of piperidine rings is 1. The van der Waals surface area contributed by atoms with E-state index in [-0.39, 0.29) is 89.0 Å². The number of phenolic OH excluding ortho intramolecular Hbond substituents is 1. The number of primary amides is 3. The van der Waals surface area contributed by atoms with Crippen molar-refractivity contribution < 1.29 is 112 Å². The number of hydrogen-bond acceptors (Lipinski definition) is 22. The van der Waals surface area contributed by atoms with Gasteiger partial charge in [-0.05, 0) is 117 Å². The molecule has 0 radical (unpaired) electrons. The summed E-state index contributed by atoms with van der Waals surface area (Å²) in [5, 5.41) is 69.6. The number of carboxylic acid groups (broad SMARTS) is 2. The number of unbranched alkanes of at least 4 members (excludes halogenated alkanes) is 2. The molecule has 0 bridgehead atoms.